The van der Waals surface area contributed by atoms with Gasteiger partial charge in [0, 0.05) is 49.1 Å². The van der Waals surface area contributed by atoms with E-state index in [0.717, 1.165) is 57.4 Å². The summed E-state index contributed by atoms with van der Waals surface area (Å²) in [7, 11) is 1.93. The van der Waals surface area contributed by atoms with Crippen LogP contribution >= 0.6 is 0 Å². The van der Waals surface area contributed by atoms with Crippen LogP contribution in [0.25, 0.3) is 33.2 Å². The molecule has 1 amide bonds. The normalized spacial score (nSPS) is 14.2. The summed E-state index contributed by atoms with van der Waals surface area (Å²) in [6, 6.07) is 29.0. The van der Waals surface area contributed by atoms with Crippen LogP contribution in [0.15, 0.2) is 91.0 Å². The molecule has 0 atom stereocenters. The highest BCUT2D eigenvalue weighted by Crippen LogP contribution is 2.33. The zero-order chi connectivity index (χ0) is 28.8. The van der Waals surface area contributed by atoms with Gasteiger partial charge in [0.1, 0.15) is 17.3 Å². The number of carbonyl (C=O) groups is 1. The Morgan fingerprint density at radius 1 is 0.905 bits per heavy atom. The first-order valence-corrected chi connectivity index (χ1v) is 14.5. The molecule has 1 aliphatic heterocycles. The second kappa shape index (κ2) is 10.6. The fourth-order valence-electron chi connectivity index (χ4n) is 6.34. The number of nitrogens with zero attached hydrogens (tertiary/aromatic N) is 5. The van der Waals surface area contributed by atoms with Crippen LogP contribution in [0.3, 0.4) is 0 Å². The van der Waals surface area contributed by atoms with Crippen LogP contribution in [0.2, 0.25) is 0 Å². The number of benzene rings is 4. The SMILES string of the molecule is Cc1ccccc1-c1nn(C)c2cc(C(=O)N3CCC(c4nc5ccccc5n4Cc4cccc(F)c4)CC3)ccc12. The average molecular weight is 558 g/mol. The molecular formula is C35H32FN5O. The van der Waals surface area contributed by atoms with Crippen molar-refractivity contribution in [3.05, 3.63) is 119 Å². The zero-order valence-electron chi connectivity index (χ0n) is 23.8. The summed E-state index contributed by atoms with van der Waals surface area (Å²) in [5.41, 5.74) is 7.73. The van der Waals surface area contributed by atoms with Crippen molar-refractivity contribution in [3.63, 3.8) is 0 Å². The molecule has 0 bridgehead atoms. The fourth-order valence-corrected chi connectivity index (χ4v) is 6.34. The van der Waals surface area contributed by atoms with E-state index in [1.807, 2.05) is 71.2 Å². The first kappa shape index (κ1) is 26.1. The molecule has 0 saturated carbocycles. The number of amides is 1. The second-order valence-corrected chi connectivity index (χ2v) is 11.3. The molecule has 6 nitrogen and oxygen atoms in total. The Kier molecular flexibility index (Phi) is 6.57. The Morgan fingerprint density at radius 3 is 2.50 bits per heavy atom. The van der Waals surface area contributed by atoms with Gasteiger partial charge in [-0.2, -0.15) is 5.10 Å². The lowest BCUT2D eigenvalue weighted by atomic mass is 9.95. The maximum atomic E-state index is 14.0. The standard InChI is InChI=1S/C35H32FN5O/c1-23-8-3-4-11-28(23)33-29-15-14-26(21-32(29)39(2)38-33)35(42)40-18-16-25(17-19-40)34-37-30-12-5-6-13-31(30)41(34)22-24-9-7-10-27(36)20-24/h3-15,20-21,25H,16-19,22H2,1-2H3. The molecule has 7 heteroatoms. The third-order valence-corrected chi connectivity index (χ3v) is 8.56. The predicted molar refractivity (Wildman–Crippen MR) is 164 cm³/mol. The molecule has 0 unspecified atom stereocenters. The van der Waals surface area contributed by atoms with Gasteiger partial charge in [0.2, 0.25) is 0 Å². The number of para-hydroxylation sites is 2. The number of rotatable bonds is 5. The number of hydrogen-bond donors (Lipinski definition) is 0. The Labute approximate surface area is 244 Å². The highest BCUT2D eigenvalue weighted by molar-refractivity contribution is 6.01. The van der Waals surface area contributed by atoms with E-state index < -0.39 is 0 Å². The van der Waals surface area contributed by atoms with Crippen LogP contribution in [0.1, 0.15) is 46.1 Å². The lowest BCUT2D eigenvalue weighted by molar-refractivity contribution is 0.0710. The summed E-state index contributed by atoms with van der Waals surface area (Å²) in [5, 5.41) is 5.84. The second-order valence-electron chi connectivity index (χ2n) is 11.3. The summed E-state index contributed by atoms with van der Waals surface area (Å²) in [5.74, 6) is 1.03. The van der Waals surface area contributed by atoms with Crippen LogP contribution in [0, 0.1) is 12.7 Å². The van der Waals surface area contributed by atoms with Gasteiger partial charge in [-0.05, 0) is 73.4 Å². The first-order valence-electron chi connectivity index (χ1n) is 14.5. The largest absolute Gasteiger partial charge is 0.339 e. The number of imidazole rings is 1. The summed E-state index contributed by atoms with van der Waals surface area (Å²) >= 11 is 0. The van der Waals surface area contributed by atoms with Crippen molar-refractivity contribution in [2.75, 3.05) is 13.1 Å². The fraction of sp³-hybridized carbons (Fsp3) is 0.229. The highest BCUT2D eigenvalue weighted by Gasteiger charge is 2.28. The Balaban J connectivity index is 1.12. The van der Waals surface area contributed by atoms with Gasteiger partial charge in [-0.25, -0.2) is 9.37 Å². The van der Waals surface area contributed by atoms with Crippen molar-refractivity contribution in [2.24, 2.45) is 7.05 Å². The van der Waals surface area contributed by atoms with E-state index in [1.165, 1.54) is 11.6 Å². The highest BCUT2D eigenvalue weighted by atomic mass is 19.1. The topological polar surface area (TPSA) is 56.0 Å². The van der Waals surface area contributed by atoms with E-state index in [2.05, 4.69) is 29.7 Å². The van der Waals surface area contributed by atoms with E-state index in [-0.39, 0.29) is 17.6 Å². The minimum atomic E-state index is -0.235. The number of fused-ring (bicyclic) bond motifs is 2. The molecule has 2 aromatic heterocycles. The van der Waals surface area contributed by atoms with Crippen molar-refractivity contribution in [1.82, 2.24) is 24.2 Å². The Hall–Kier alpha value is -4.78. The molecule has 0 radical (unpaired) electrons. The molecule has 0 N–H and O–H groups in total. The van der Waals surface area contributed by atoms with Gasteiger partial charge in [0.25, 0.3) is 5.91 Å². The van der Waals surface area contributed by atoms with Crippen LogP contribution in [-0.4, -0.2) is 43.2 Å². The molecule has 0 spiro atoms. The van der Waals surface area contributed by atoms with Gasteiger partial charge in [-0.3, -0.25) is 9.48 Å². The Bertz CT molecular complexity index is 1950. The van der Waals surface area contributed by atoms with E-state index in [9.17, 15) is 9.18 Å². The van der Waals surface area contributed by atoms with Crippen LogP contribution < -0.4 is 0 Å². The number of likely N-dealkylation sites (tertiary alicyclic amines) is 1. The minimum Gasteiger partial charge on any atom is -0.339 e. The third-order valence-electron chi connectivity index (χ3n) is 8.56. The van der Waals surface area contributed by atoms with E-state index in [0.29, 0.717) is 25.2 Å². The monoisotopic (exact) mass is 557 g/mol. The third kappa shape index (κ3) is 4.65. The molecule has 0 aliphatic carbocycles. The summed E-state index contributed by atoms with van der Waals surface area (Å²) < 4.78 is 18.0. The molecular weight excluding hydrogens is 525 g/mol. The van der Waals surface area contributed by atoms with E-state index in [1.54, 1.807) is 12.1 Å². The summed E-state index contributed by atoms with van der Waals surface area (Å²) in [6.07, 6.45) is 1.65. The molecule has 210 valence electrons. The predicted octanol–water partition coefficient (Wildman–Crippen LogP) is 7.11. The molecule has 7 rings (SSSR count). The number of piperidine rings is 1. The molecule has 4 aromatic carbocycles. The van der Waals surface area contributed by atoms with Crippen LogP contribution in [0.4, 0.5) is 4.39 Å². The van der Waals surface area contributed by atoms with Crippen molar-refractivity contribution in [2.45, 2.75) is 32.2 Å². The van der Waals surface area contributed by atoms with E-state index >= 15 is 0 Å². The van der Waals surface area contributed by atoms with Crippen molar-refractivity contribution in [3.8, 4) is 11.3 Å². The van der Waals surface area contributed by atoms with Crippen molar-refractivity contribution in [1.29, 1.82) is 0 Å². The van der Waals surface area contributed by atoms with Gasteiger partial charge < -0.3 is 9.47 Å². The lowest BCUT2D eigenvalue weighted by Gasteiger charge is -2.32. The maximum Gasteiger partial charge on any atom is 0.253 e. The number of carbonyl (C=O) groups excluding carboxylic acids is 1. The van der Waals surface area contributed by atoms with Gasteiger partial charge >= 0.3 is 0 Å². The van der Waals surface area contributed by atoms with Gasteiger partial charge in [0.15, 0.2) is 0 Å². The summed E-state index contributed by atoms with van der Waals surface area (Å²) in [6.45, 7) is 3.96. The lowest BCUT2D eigenvalue weighted by Crippen LogP contribution is -2.38. The number of aryl methyl sites for hydroxylation is 2. The average Bonchev–Trinajstić information content (AvgIpc) is 3.54. The van der Waals surface area contributed by atoms with Crippen molar-refractivity contribution < 1.29 is 9.18 Å². The molecule has 1 aliphatic rings. The van der Waals surface area contributed by atoms with Gasteiger partial charge in [0.05, 0.1) is 16.6 Å². The van der Waals surface area contributed by atoms with Crippen molar-refractivity contribution >= 4 is 27.8 Å². The molecule has 1 fully saturated rings. The number of aromatic nitrogens is 4. The Morgan fingerprint density at radius 2 is 1.69 bits per heavy atom. The first-order chi connectivity index (χ1) is 20.5. The minimum absolute atomic E-state index is 0.0438. The number of halogens is 1. The zero-order valence-corrected chi connectivity index (χ0v) is 23.8. The van der Waals surface area contributed by atoms with Crippen LogP contribution in [0.5, 0.6) is 0 Å². The van der Waals surface area contributed by atoms with Crippen LogP contribution in [-0.2, 0) is 13.6 Å². The van der Waals surface area contributed by atoms with E-state index in [4.69, 9.17) is 10.1 Å². The molecule has 3 heterocycles. The number of hydrogen-bond acceptors (Lipinski definition) is 3. The quantitative estimate of drug-likeness (QED) is 0.227. The molecule has 42 heavy (non-hydrogen) atoms. The smallest absolute Gasteiger partial charge is 0.253 e. The van der Waals surface area contributed by atoms with Gasteiger partial charge in [-0.15, -0.1) is 0 Å². The molecule has 1 saturated heterocycles. The maximum absolute atomic E-state index is 14.0. The summed E-state index contributed by atoms with van der Waals surface area (Å²) in [4.78, 5) is 20.6. The van der Waals surface area contributed by atoms with Gasteiger partial charge in [-0.1, -0.05) is 48.5 Å². The molecule has 6 aromatic rings.